The molecule has 0 bridgehead atoms. The van der Waals surface area contributed by atoms with Gasteiger partial charge in [-0.2, -0.15) is 0 Å². The lowest BCUT2D eigenvalue weighted by Crippen LogP contribution is -1.82. The monoisotopic (exact) mass is 322 g/mol. The van der Waals surface area contributed by atoms with Crippen LogP contribution in [0.3, 0.4) is 0 Å². The quantitative estimate of drug-likeness (QED) is 0.728. The van der Waals surface area contributed by atoms with Gasteiger partial charge in [-0.1, -0.05) is 11.6 Å². The molecule has 0 spiro atoms. The molecule has 0 atom stereocenters. The largest absolute Gasteiger partial charge is 0.507 e. The van der Waals surface area contributed by atoms with Gasteiger partial charge in [-0.25, -0.2) is 4.39 Å². The van der Waals surface area contributed by atoms with E-state index in [0.717, 1.165) is 0 Å². The van der Waals surface area contributed by atoms with Crippen LogP contribution in [0.5, 0.6) is 5.75 Å². The van der Waals surface area contributed by atoms with Gasteiger partial charge in [0.15, 0.2) is 0 Å². The molecule has 2 rings (SSSR count). The maximum absolute atomic E-state index is 13.4. The molecule has 0 unspecified atom stereocenters. The topological polar surface area (TPSA) is 20.2 Å². The molecule has 0 amide bonds. The Bertz CT molecular complexity index is 513. The molecule has 1 N–H and O–H groups in total. The molecule has 2 aromatic rings. The molecule has 2 aromatic carbocycles. The summed E-state index contributed by atoms with van der Waals surface area (Å²) in [6, 6.07) is 6.00. The van der Waals surface area contributed by atoms with Crippen molar-refractivity contribution in [2.75, 3.05) is 0 Å². The average molecular weight is 323 g/mol. The Morgan fingerprint density at radius 2 is 1.93 bits per heavy atom. The minimum atomic E-state index is -0.417. The fourth-order valence-corrected chi connectivity index (χ4v) is 2.00. The zero-order chi connectivity index (χ0) is 10.3. The van der Waals surface area contributed by atoms with Crippen LogP contribution in [0.15, 0.2) is 24.3 Å². The highest BCUT2D eigenvalue weighted by molar-refractivity contribution is 14.1. The van der Waals surface area contributed by atoms with Gasteiger partial charge in [0, 0.05) is 10.4 Å². The van der Waals surface area contributed by atoms with Gasteiger partial charge in [-0.05, 0) is 52.2 Å². The van der Waals surface area contributed by atoms with Crippen molar-refractivity contribution in [1.82, 2.24) is 0 Å². The highest BCUT2D eigenvalue weighted by Crippen LogP contribution is 2.29. The third-order valence-corrected chi connectivity index (χ3v) is 3.02. The van der Waals surface area contributed by atoms with Crippen LogP contribution < -0.4 is 0 Å². The molecule has 4 heteroatoms. The summed E-state index contributed by atoms with van der Waals surface area (Å²) in [7, 11) is 0. The summed E-state index contributed by atoms with van der Waals surface area (Å²) in [4.78, 5) is 0. The maximum atomic E-state index is 13.4. The van der Waals surface area contributed by atoms with Gasteiger partial charge < -0.3 is 5.11 Å². The molecule has 0 saturated carbocycles. The predicted molar refractivity (Wildman–Crippen MR) is 63.3 cm³/mol. The number of phenols is 1. The van der Waals surface area contributed by atoms with Crippen molar-refractivity contribution in [1.29, 1.82) is 0 Å². The fraction of sp³-hybridized carbons (Fsp3) is 0. The summed E-state index contributed by atoms with van der Waals surface area (Å²) >= 11 is 7.69. The summed E-state index contributed by atoms with van der Waals surface area (Å²) in [6.45, 7) is 0. The first-order chi connectivity index (χ1) is 6.58. The van der Waals surface area contributed by atoms with E-state index in [9.17, 15) is 9.50 Å². The van der Waals surface area contributed by atoms with Crippen LogP contribution in [-0.2, 0) is 0 Å². The van der Waals surface area contributed by atoms with E-state index in [1.807, 2.05) is 22.6 Å². The van der Waals surface area contributed by atoms with E-state index in [0.29, 0.717) is 19.4 Å². The smallest absolute Gasteiger partial charge is 0.132 e. The third-order valence-electron chi connectivity index (χ3n) is 1.93. The fourth-order valence-electron chi connectivity index (χ4n) is 1.29. The number of hydrogen-bond acceptors (Lipinski definition) is 1. The summed E-state index contributed by atoms with van der Waals surface area (Å²) < 4.78 is 14.0. The standard InChI is InChI=1S/C10H5ClFIO/c11-6-1-5-2-9(13)10(14)4-7(5)8(12)3-6/h1-4,14H. The molecule has 14 heavy (non-hydrogen) atoms. The van der Waals surface area contributed by atoms with Crippen molar-refractivity contribution < 1.29 is 9.50 Å². The van der Waals surface area contributed by atoms with Crippen molar-refractivity contribution in [2.45, 2.75) is 0 Å². The molecule has 1 nitrogen and oxygen atoms in total. The van der Waals surface area contributed by atoms with E-state index in [-0.39, 0.29) is 5.75 Å². The summed E-state index contributed by atoms with van der Waals surface area (Å²) in [6.07, 6.45) is 0. The lowest BCUT2D eigenvalue weighted by molar-refractivity contribution is 0.472. The first kappa shape index (κ1) is 9.98. The second-order valence-corrected chi connectivity index (χ2v) is 4.51. The Balaban J connectivity index is 2.89. The van der Waals surface area contributed by atoms with E-state index >= 15 is 0 Å². The lowest BCUT2D eigenvalue weighted by atomic mass is 10.1. The first-order valence-corrected chi connectivity index (χ1v) is 5.31. The van der Waals surface area contributed by atoms with Gasteiger partial charge in [-0.3, -0.25) is 0 Å². The Hall–Kier alpha value is -0.550. The molecule has 0 aliphatic rings. The zero-order valence-electron chi connectivity index (χ0n) is 6.89. The van der Waals surface area contributed by atoms with Gasteiger partial charge in [0.25, 0.3) is 0 Å². The lowest BCUT2D eigenvalue weighted by Gasteiger charge is -2.03. The van der Waals surface area contributed by atoms with Crippen LogP contribution in [0.25, 0.3) is 10.8 Å². The van der Waals surface area contributed by atoms with Crippen molar-refractivity contribution in [3.05, 3.63) is 38.7 Å². The Labute approximate surface area is 98.6 Å². The van der Waals surface area contributed by atoms with Crippen molar-refractivity contribution in [3.8, 4) is 5.75 Å². The Kier molecular flexibility index (Phi) is 2.53. The molecular formula is C10H5ClFIO. The van der Waals surface area contributed by atoms with Gasteiger partial charge in [-0.15, -0.1) is 0 Å². The zero-order valence-corrected chi connectivity index (χ0v) is 9.80. The molecule has 0 fully saturated rings. The molecule has 0 heterocycles. The van der Waals surface area contributed by atoms with Crippen LogP contribution in [0.4, 0.5) is 4.39 Å². The maximum Gasteiger partial charge on any atom is 0.132 e. The number of halogens is 3. The summed E-state index contributed by atoms with van der Waals surface area (Å²) in [5.74, 6) is -0.335. The highest BCUT2D eigenvalue weighted by Gasteiger charge is 2.06. The van der Waals surface area contributed by atoms with Crippen molar-refractivity contribution in [2.24, 2.45) is 0 Å². The van der Waals surface area contributed by atoms with E-state index in [2.05, 4.69) is 0 Å². The second-order valence-electron chi connectivity index (χ2n) is 2.91. The Morgan fingerprint density at radius 3 is 2.64 bits per heavy atom. The SMILES string of the molecule is Oc1cc2c(F)cc(Cl)cc2cc1I. The van der Waals surface area contributed by atoms with Crippen LogP contribution in [0.1, 0.15) is 0 Å². The first-order valence-electron chi connectivity index (χ1n) is 3.85. The van der Waals surface area contributed by atoms with Crippen LogP contribution in [0, 0.1) is 9.39 Å². The number of fused-ring (bicyclic) bond motifs is 1. The second kappa shape index (κ2) is 3.55. The summed E-state index contributed by atoms with van der Waals surface area (Å²) in [5, 5.41) is 10.8. The number of rotatable bonds is 0. The van der Waals surface area contributed by atoms with Gasteiger partial charge in [0.05, 0.1) is 3.57 Å². The van der Waals surface area contributed by atoms with Gasteiger partial charge >= 0.3 is 0 Å². The summed E-state index contributed by atoms with van der Waals surface area (Å²) in [5.41, 5.74) is 0. The number of hydrogen-bond donors (Lipinski definition) is 1. The average Bonchev–Trinajstić information content (AvgIpc) is 2.08. The third kappa shape index (κ3) is 1.66. The van der Waals surface area contributed by atoms with Gasteiger partial charge in [0.2, 0.25) is 0 Å². The highest BCUT2D eigenvalue weighted by atomic mass is 127. The number of benzene rings is 2. The number of phenolic OH excluding ortho intramolecular Hbond substituents is 1. The van der Waals surface area contributed by atoms with Crippen molar-refractivity contribution >= 4 is 45.0 Å². The van der Waals surface area contributed by atoms with E-state index in [1.54, 1.807) is 12.1 Å². The molecule has 0 saturated heterocycles. The molecule has 0 aromatic heterocycles. The van der Waals surface area contributed by atoms with E-state index in [4.69, 9.17) is 11.6 Å². The van der Waals surface area contributed by atoms with E-state index in [1.165, 1.54) is 12.1 Å². The molecule has 0 aliphatic heterocycles. The van der Waals surface area contributed by atoms with E-state index < -0.39 is 5.82 Å². The van der Waals surface area contributed by atoms with Crippen LogP contribution >= 0.6 is 34.2 Å². The molecule has 72 valence electrons. The molecule has 0 aliphatic carbocycles. The van der Waals surface area contributed by atoms with Crippen LogP contribution in [0.2, 0.25) is 5.02 Å². The minimum absolute atomic E-state index is 0.0827. The van der Waals surface area contributed by atoms with Gasteiger partial charge in [0.1, 0.15) is 11.6 Å². The number of aromatic hydroxyl groups is 1. The predicted octanol–water partition coefficient (Wildman–Crippen LogP) is 3.94. The van der Waals surface area contributed by atoms with Crippen molar-refractivity contribution in [3.63, 3.8) is 0 Å². The Morgan fingerprint density at radius 1 is 1.21 bits per heavy atom. The van der Waals surface area contributed by atoms with Crippen LogP contribution in [-0.4, -0.2) is 5.11 Å². The normalized spacial score (nSPS) is 10.8. The molecular weight excluding hydrogens is 317 g/mol. The minimum Gasteiger partial charge on any atom is -0.507 e. The molecule has 0 radical (unpaired) electrons.